The normalized spacial score (nSPS) is 9.91. The molecular weight excluding hydrogens is 306 g/mol. The van der Waals surface area contributed by atoms with Gasteiger partial charge in [0.25, 0.3) is 11.6 Å². The van der Waals surface area contributed by atoms with E-state index in [1.165, 1.54) is 12.1 Å². The fraction of sp³-hybridized carbons (Fsp3) is 0. The van der Waals surface area contributed by atoms with Crippen molar-refractivity contribution in [1.29, 1.82) is 0 Å². The van der Waals surface area contributed by atoms with Gasteiger partial charge in [-0.1, -0.05) is 12.1 Å². The van der Waals surface area contributed by atoms with Gasteiger partial charge in [-0.2, -0.15) is 0 Å². The SMILES string of the molecule is Nc1ccccc1C(=O)NNc1ccc([N+](=O)[O-])cc1[N+](=O)[O-]. The molecule has 0 aliphatic heterocycles. The Morgan fingerprint density at radius 1 is 1.04 bits per heavy atom. The number of benzene rings is 2. The summed E-state index contributed by atoms with van der Waals surface area (Å²) in [6.07, 6.45) is 0. The van der Waals surface area contributed by atoms with Crippen LogP contribution in [0.15, 0.2) is 42.5 Å². The highest BCUT2D eigenvalue weighted by Gasteiger charge is 2.20. The van der Waals surface area contributed by atoms with Gasteiger partial charge >= 0.3 is 5.69 Å². The van der Waals surface area contributed by atoms with Crippen LogP contribution in [0.2, 0.25) is 0 Å². The maximum atomic E-state index is 12.0. The van der Waals surface area contributed by atoms with E-state index in [0.29, 0.717) is 0 Å². The number of hydrazine groups is 1. The zero-order chi connectivity index (χ0) is 17.0. The second kappa shape index (κ2) is 6.39. The molecule has 0 aliphatic carbocycles. The lowest BCUT2D eigenvalue weighted by atomic mass is 10.2. The maximum Gasteiger partial charge on any atom is 0.300 e. The highest BCUT2D eigenvalue weighted by Crippen LogP contribution is 2.28. The highest BCUT2D eigenvalue weighted by atomic mass is 16.6. The molecule has 0 atom stereocenters. The summed E-state index contributed by atoms with van der Waals surface area (Å²) in [6, 6.07) is 9.29. The van der Waals surface area contributed by atoms with Crippen molar-refractivity contribution in [1.82, 2.24) is 5.43 Å². The molecule has 2 aromatic carbocycles. The van der Waals surface area contributed by atoms with Crippen LogP contribution in [0, 0.1) is 20.2 Å². The Hall–Kier alpha value is -3.69. The van der Waals surface area contributed by atoms with E-state index in [9.17, 15) is 25.0 Å². The van der Waals surface area contributed by atoms with Gasteiger partial charge in [0.1, 0.15) is 5.69 Å². The lowest BCUT2D eigenvalue weighted by Crippen LogP contribution is -2.30. The third-order valence-electron chi connectivity index (χ3n) is 2.90. The fourth-order valence-electron chi connectivity index (χ4n) is 1.79. The lowest BCUT2D eigenvalue weighted by Gasteiger charge is -2.10. The molecule has 0 bridgehead atoms. The first-order chi connectivity index (χ1) is 10.9. The fourth-order valence-corrected chi connectivity index (χ4v) is 1.79. The number of anilines is 2. The van der Waals surface area contributed by atoms with E-state index in [0.717, 1.165) is 18.2 Å². The second-order valence-corrected chi connectivity index (χ2v) is 4.38. The van der Waals surface area contributed by atoms with Crippen molar-refractivity contribution >= 4 is 28.7 Å². The quantitative estimate of drug-likeness (QED) is 0.432. The molecule has 2 rings (SSSR count). The summed E-state index contributed by atoms with van der Waals surface area (Å²) in [6.45, 7) is 0. The number of carbonyl (C=O) groups is 1. The Bertz CT molecular complexity index is 792. The first kappa shape index (κ1) is 15.7. The highest BCUT2D eigenvalue weighted by molar-refractivity contribution is 5.99. The number of nitrogens with zero attached hydrogens (tertiary/aromatic N) is 2. The number of carbonyl (C=O) groups excluding carboxylic acids is 1. The number of hydrogen-bond acceptors (Lipinski definition) is 7. The molecule has 10 nitrogen and oxygen atoms in total. The molecule has 23 heavy (non-hydrogen) atoms. The molecule has 2 aromatic rings. The minimum absolute atomic E-state index is 0.0940. The average molecular weight is 317 g/mol. The number of nitro groups is 2. The summed E-state index contributed by atoms with van der Waals surface area (Å²) >= 11 is 0. The van der Waals surface area contributed by atoms with Crippen molar-refractivity contribution in [2.24, 2.45) is 0 Å². The van der Waals surface area contributed by atoms with Crippen LogP contribution in [0.5, 0.6) is 0 Å². The van der Waals surface area contributed by atoms with Gasteiger partial charge in [0, 0.05) is 11.8 Å². The van der Waals surface area contributed by atoms with Gasteiger partial charge in [0.05, 0.1) is 21.5 Å². The molecule has 0 saturated heterocycles. The van der Waals surface area contributed by atoms with Crippen LogP contribution in [-0.2, 0) is 0 Å². The zero-order valence-electron chi connectivity index (χ0n) is 11.6. The van der Waals surface area contributed by atoms with E-state index in [1.807, 2.05) is 0 Å². The van der Waals surface area contributed by atoms with Crippen LogP contribution in [0.1, 0.15) is 10.4 Å². The summed E-state index contributed by atoms with van der Waals surface area (Å²) in [5.41, 5.74) is 9.63. The first-order valence-corrected chi connectivity index (χ1v) is 6.24. The molecule has 4 N–H and O–H groups in total. The van der Waals surface area contributed by atoms with Crippen molar-refractivity contribution < 1.29 is 14.6 Å². The zero-order valence-corrected chi connectivity index (χ0v) is 11.6. The summed E-state index contributed by atoms with van der Waals surface area (Å²) in [7, 11) is 0. The molecule has 10 heteroatoms. The van der Waals surface area contributed by atoms with E-state index in [1.54, 1.807) is 12.1 Å². The van der Waals surface area contributed by atoms with Gasteiger partial charge in [0.2, 0.25) is 0 Å². The van der Waals surface area contributed by atoms with E-state index in [-0.39, 0.29) is 16.9 Å². The van der Waals surface area contributed by atoms with Crippen molar-refractivity contribution in [3.8, 4) is 0 Å². The third-order valence-corrected chi connectivity index (χ3v) is 2.90. The maximum absolute atomic E-state index is 12.0. The number of hydrogen-bond donors (Lipinski definition) is 3. The number of non-ortho nitro benzene ring substituents is 1. The van der Waals surface area contributed by atoms with Crippen LogP contribution in [-0.4, -0.2) is 15.8 Å². The minimum atomic E-state index is -0.793. The van der Waals surface area contributed by atoms with E-state index < -0.39 is 27.1 Å². The topological polar surface area (TPSA) is 153 Å². The van der Waals surface area contributed by atoms with Crippen molar-refractivity contribution in [2.75, 3.05) is 11.2 Å². The second-order valence-electron chi connectivity index (χ2n) is 4.38. The Balaban J connectivity index is 2.20. The molecule has 0 spiro atoms. The minimum Gasteiger partial charge on any atom is -0.398 e. The van der Waals surface area contributed by atoms with Gasteiger partial charge in [-0.3, -0.25) is 35.9 Å². The van der Waals surface area contributed by atoms with Crippen LogP contribution >= 0.6 is 0 Å². The number of nitrogens with two attached hydrogens (primary N) is 1. The van der Waals surface area contributed by atoms with Gasteiger partial charge in [-0.15, -0.1) is 0 Å². The first-order valence-electron chi connectivity index (χ1n) is 6.24. The lowest BCUT2D eigenvalue weighted by molar-refractivity contribution is -0.393. The molecule has 0 unspecified atom stereocenters. The van der Waals surface area contributed by atoms with Gasteiger partial charge in [0.15, 0.2) is 0 Å². The monoisotopic (exact) mass is 317 g/mol. The summed E-state index contributed by atoms with van der Waals surface area (Å²) in [5.74, 6) is -0.601. The van der Waals surface area contributed by atoms with Crippen molar-refractivity contribution in [3.05, 3.63) is 68.3 Å². The van der Waals surface area contributed by atoms with Crippen LogP contribution in [0.4, 0.5) is 22.7 Å². The molecule has 0 saturated carbocycles. The molecule has 0 aromatic heterocycles. The predicted molar refractivity (Wildman–Crippen MR) is 81.7 cm³/mol. The summed E-state index contributed by atoms with van der Waals surface area (Å²) in [5, 5.41) is 21.6. The van der Waals surface area contributed by atoms with E-state index in [4.69, 9.17) is 5.73 Å². The van der Waals surface area contributed by atoms with Crippen LogP contribution in [0.25, 0.3) is 0 Å². The number of nitrogens with one attached hydrogen (secondary N) is 2. The molecule has 0 radical (unpaired) electrons. The largest absolute Gasteiger partial charge is 0.398 e. The molecular formula is C13H11N5O5. The Morgan fingerprint density at radius 2 is 1.74 bits per heavy atom. The van der Waals surface area contributed by atoms with Gasteiger partial charge < -0.3 is 5.73 Å². The average Bonchev–Trinajstić information content (AvgIpc) is 2.52. The number of nitrogen functional groups attached to an aromatic ring is 1. The van der Waals surface area contributed by atoms with Crippen molar-refractivity contribution in [2.45, 2.75) is 0 Å². The molecule has 0 heterocycles. The molecule has 1 amide bonds. The number of amides is 1. The van der Waals surface area contributed by atoms with Gasteiger partial charge in [-0.25, -0.2) is 0 Å². The number of nitro benzene ring substituents is 2. The molecule has 0 aliphatic rings. The van der Waals surface area contributed by atoms with Crippen LogP contribution in [0.3, 0.4) is 0 Å². The number of rotatable bonds is 5. The van der Waals surface area contributed by atoms with E-state index >= 15 is 0 Å². The standard InChI is InChI=1S/C13H11N5O5/c14-10-4-2-1-3-9(10)13(19)16-15-11-6-5-8(17(20)21)7-12(11)18(22)23/h1-7,15H,14H2,(H,16,19). The summed E-state index contributed by atoms with van der Waals surface area (Å²) in [4.78, 5) is 32.1. The smallest absolute Gasteiger partial charge is 0.300 e. The predicted octanol–water partition coefficient (Wildman–Crippen LogP) is 1.84. The Kier molecular flexibility index (Phi) is 4.36. The third kappa shape index (κ3) is 3.50. The molecule has 118 valence electrons. The molecule has 0 fully saturated rings. The Morgan fingerprint density at radius 3 is 2.35 bits per heavy atom. The number of para-hydroxylation sites is 1. The Labute approximate surface area is 129 Å². The summed E-state index contributed by atoms with van der Waals surface area (Å²) < 4.78 is 0. The van der Waals surface area contributed by atoms with Gasteiger partial charge in [-0.05, 0) is 18.2 Å². The van der Waals surface area contributed by atoms with Crippen LogP contribution < -0.4 is 16.6 Å². The van der Waals surface area contributed by atoms with Crippen molar-refractivity contribution in [3.63, 3.8) is 0 Å². The van der Waals surface area contributed by atoms with E-state index in [2.05, 4.69) is 10.9 Å².